The lowest BCUT2D eigenvalue weighted by molar-refractivity contribution is -0.137. The van der Waals surface area contributed by atoms with Gasteiger partial charge in [-0.25, -0.2) is 8.42 Å². The van der Waals surface area contributed by atoms with Crippen molar-refractivity contribution in [1.82, 2.24) is 9.29 Å². The zero-order valence-electron chi connectivity index (χ0n) is 15.4. The van der Waals surface area contributed by atoms with Crippen LogP contribution in [0.15, 0.2) is 47.6 Å². The lowest BCUT2D eigenvalue weighted by atomic mass is 10.0. The standard InChI is InChI=1S/C19H22F3N3O2S/c1-24(16-5-6-23-10-16)17-7-13-11-25(12-14(13)8-17)28(26,27)18-4-2-3-15(9-18)19(20,21)22/h2-6,9-10,13-14,17,23H,7-8,11-12H2,1H3/t13-,14+,17?. The van der Waals surface area contributed by atoms with Crippen molar-refractivity contribution in [1.29, 1.82) is 0 Å². The van der Waals surface area contributed by atoms with Gasteiger partial charge >= 0.3 is 6.18 Å². The average molecular weight is 413 g/mol. The number of hydrogen-bond acceptors (Lipinski definition) is 3. The van der Waals surface area contributed by atoms with E-state index in [4.69, 9.17) is 0 Å². The number of rotatable bonds is 4. The monoisotopic (exact) mass is 413 g/mol. The van der Waals surface area contributed by atoms with Gasteiger partial charge in [0, 0.05) is 38.6 Å². The van der Waals surface area contributed by atoms with Gasteiger partial charge in [0.25, 0.3) is 0 Å². The Hall–Kier alpha value is -2.00. The Morgan fingerprint density at radius 3 is 2.39 bits per heavy atom. The second kappa shape index (κ2) is 6.81. The molecule has 3 atom stereocenters. The van der Waals surface area contributed by atoms with E-state index in [-0.39, 0.29) is 16.7 Å². The normalized spacial score (nSPS) is 25.8. The van der Waals surface area contributed by atoms with E-state index in [1.54, 1.807) is 0 Å². The van der Waals surface area contributed by atoms with E-state index in [0.29, 0.717) is 19.1 Å². The summed E-state index contributed by atoms with van der Waals surface area (Å²) >= 11 is 0. The lowest BCUT2D eigenvalue weighted by Gasteiger charge is -2.27. The van der Waals surface area contributed by atoms with Crippen LogP contribution >= 0.6 is 0 Å². The summed E-state index contributed by atoms with van der Waals surface area (Å²) in [5.74, 6) is 0.457. The molecular formula is C19H22F3N3O2S. The molecule has 1 N–H and O–H groups in total. The summed E-state index contributed by atoms with van der Waals surface area (Å²) in [7, 11) is -1.90. The van der Waals surface area contributed by atoms with E-state index >= 15 is 0 Å². The summed E-state index contributed by atoms with van der Waals surface area (Å²) < 4.78 is 66.0. The zero-order valence-corrected chi connectivity index (χ0v) is 16.2. The maximum atomic E-state index is 12.9. The number of anilines is 1. The van der Waals surface area contributed by atoms with Gasteiger partial charge in [0.2, 0.25) is 10.0 Å². The highest BCUT2D eigenvalue weighted by atomic mass is 32.2. The van der Waals surface area contributed by atoms with Crippen molar-refractivity contribution in [2.45, 2.75) is 30.0 Å². The van der Waals surface area contributed by atoms with Crippen LogP contribution in [-0.4, -0.2) is 43.9 Å². The largest absolute Gasteiger partial charge is 0.416 e. The van der Waals surface area contributed by atoms with Gasteiger partial charge in [-0.1, -0.05) is 6.07 Å². The maximum Gasteiger partial charge on any atom is 0.416 e. The molecule has 152 valence electrons. The number of fused-ring (bicyclic) bond motifs is 1. The molecule has 9 heteroatoms. The molecule has 1 saturated carbocycles. The van der Waals surface area contributed by atoms with Crippen LogP contribution in [0.1, 0.15) is 18.4 Å². The minimum absolute atomic E-state index is 0.229. The van der Waals surface area contributed by atoms with Crippen LogP contribution in [0.4, 0.5) is 18.9 Å². The van der Waals surface area contributed by atoms with Gasteiger partial charge in [-0.15, -0.1) is 0 Å². The first-order valence-electron chi connectivity index (χ1n) is 9.19. The Bertz CT molecular complexity index is 930. The molecule has 0 radical (unpaired) electrons. The number of benzene rings is 1. The number of H-pyrrole nitrogens is 1. The molecule has 2 aromatic rings. The highest BCUT2D eigenvalue weighted by Crippen LogP contribution is 2.42. The van der Waals surface area contributed by atoms with Crippen LogP contribution in [0.5, 0.6) is 0 Å². The molecule has 1 aromatic carbocycles. The highest BCUT2D eigenvalue weighted by molar-refractivity contribution is 7.89. The lowest BCUT2D eigenvalue weighted by Crippen LogP contribution is -2.34. The fourth-order valence-electron chi connectivity index (χ4n) is 4.46. The Kier molecular flexibility index (Phi) is 4.70. The molecule has 1 unspecified atom stereocenters. The minimum atomic E-state index is -4.57. The first-order valence-corrected chi connectivity index (χ1v) is 10.6. The highest BCUT2D eigenvalue weighted by Gasteiger charge is 2.46. The number of aromatic amines is 1. The number of alkyl halides is 3. The van der Waals surface area contributed by atoms with E-state index in [1.807, 2.05) is 25.5 Å². The molecule has 28 heavy (non-hydrogen) atoms. The Morgan fingerprint density at radius 2 is 1.82 bits per heavy atom. The molecule has 1 aliphatic carbocycles. The summed E-state index contributed by atoms with van der Waals surface area (Å²) in [6.07, 6.45) is 0.981. The SMILES string of the molecule is CN(c1cc[nH]c1)C1C[C@@H]2CN(S(=O)(=O)c3cccc(C(F)(F)F)c3)C[C@@H]2C1. The quantitative estimate of drug-likeness (QED) is 0.834. The number of sulfonamides is 1. The number of halogens is 3. The molecule has 1 saturated heterocycles. The minimum Gasteiger partial charge on any atom is -0.370 e. The molecule has 2 fully saturated rings. The number of hydrogen-bond donors (Lipinski definition) is 1. The molecule has 0 spiro atoms. The average Bonchev–Trinajstić information content (AvgIpc) is 3.36. The van der Waals surface area contributed by atoms with Crippen molar-refractivity contribution in [3.8, 4) is 0 Å². The van der Waals surface area contributed by atoms with Crippen LogP contribution in [-0.2, 0) is 16.2 Å². The third-order valence-electron chi connectivity index (χ3n) is 6.03. The summed E-state index contributed by atoms with van der Waals surface area (Å²) in [6, 6.07) is 6.34. The van der Waals surface area contributed by atoms with E-state index in [0.717, 1.165) is 36.7 Å². The first kappa shape index (κ1) is 19.3. The van der Waals surface area contributed by atoms with Crippen molar-refractivity contribution in [2.24, 2.45) is 11.8 Å². The molecule has 4 rings (SSSR count). The van der Waals surface area contributed by atoms with Gasteiger partial charge in [0.15, 0.2) is 0 Å². The van der Waals surface area contributed by atoms with Crippen molar-refractivity contribution in [2.75, 3.05) is 25.0 Å². The number of nitrogens with zero attached hydrogens (tertiary/aromatic N) is 2. The van der Waals surface area contributed by atoms with Crippen LogP contribution < -0.4 is 4.90 Å². The van der Waals surface area contributed by atoms with E-state index in [1.165, 1.54) is 10.4 Å². The smallest absolute Gasteiger partial charge is 0.370 e. The molecule has 2 heterocycles. The fraction of sp³-hybridized carbons (Fsp3) is 0.474. The summed E-state index contributed by atoms with van der Waals surface area (Å²) in [6.45, 7) is 0.724. The van der Waals surface area contributed by atoms with Crippen molar-refractivity contribution < 1.29 is 21.6 Å². The van der Waals surface area contributed by atoms with Crippen molar-refractivity contribution in [3.63, 3.8) is 0 Å². The van der Waals surface area contributed by atoms with Gasteiger partial charge in [0.05, 0.1) is 16.1 Å². The molecule has 0 bridgehead atoms. The van der Waals surface area contributed by atoms with Crippen molar-refractivity contribution in [3.05, 3.63) is 48.3 Å². The third kappa shape index (κ3) is 3.41. The molecule has 2 aliphatic rings. The third-order valence-corrected chi connectivity index (χ3v) is 7.86. The van der Waals surface area contributed by atoms with E-state index < -0.39 is 21.8 Å². The van der Waals surface area contributed by atoms with Crippen molar-refractivity contribution >= 4 is 15.7 Å². The van der Waals surface area contributed by atoms with Crippen LogP contribution in [0.3, 0.4) is 0 Å². The van der Waals surface area contributed by atoms with E-state index in [9.17, 15) is 21.6 Å². The van der Waals surface area contributed by atoms with Gasteiger partial charge < -0.3 is 9.88 Å². The van der Waals surface area contributed by atoms with Crippen LogP contribution in [0, 0.1) is 11.8 Å². The van der Waals surface area contributed by atoms with Gasteiger partial charge in [-0.3, -0.25) is 0 Å². The van der Waals surface area contributed by atoms with Crippen LogP contribution in [0.25, 0.3) is 0 Å². The van der Waals surface area contributed by atoms with E-state index in [2.05, 4.69) is 9.88 Å². The topological polar surface area (TPSA) is 56.4 Å². The Balaban J connectivity index is 1.47. The maximum absolute atomic E-state index is 12.9. The predicted molar refractivity (Wildman–Crippen MR) is 99.4 cm³/mol. The molecule has 1 aromatic heterocycles. The summed E-state index contributed by atoms with van der Waals surface area (Å²) in [5, 5.41) is 0. The number of aromatic nitrogens is 1. The predicted octanol–water partition coefficient (Wildman–Crippen LogP) is 3.57. The van der Waals surface area contributed by atoms with Gasteiger partial charge in [-0.2, -0.15) is 17.5 Å². The summed E-state index contributed by atoms with van der Waals surface area (Å²) in [5.41, 5.74) is 0.152. The fourth-order valence-corrected chi connectivity index (χ4v) is 6.06. The molecule has 5 nitrogen and oxygen atoms in total. The summed E-state index contributed by atoms with van der Waals surface area (Å²) in [4.78, 5) is 4.96. The first-order chi connectivity index (χ1) is 13.2. The zero-order chi connectivity index (χ0) is 20.1. The molecular weight excluding hydrogens is 391 g/mol. The second-order valence-electron chi connectivity index (χ2n) is 7.67. The molecule has 0 amide bonds. The van der Waals surface area contributed by atoms with Gasteiger partial charge in [0.1, 0.15) is 0 Å². The van der Waals surface area contributed by atoms with Gasteiger partial charge in [-0.05, 0) is 48.9 Å². The Morgan fingerprint density at radius 1 is 1.14 bits per heavy atom. The number of nitrogens with one attached hydrogen (secondary N) is 1. The molecule has 1 aliphatic heterocycles. The second-order valence-corrected chi connectivity index (χ2v) is 9.61. The van der Waals surface area contributed by atoms with Crippen LogP contribution in [0.2, 0.25) is 0 Å². The Labute approximate surface area is 162 Å².